The zero-order valence-corrected chi connectivity index (χ0v) is 10.4. The van der Waals surface area contributed by atoms with E-state index < -0.39 is 12.0 Å². The number of rotatable bonds is 2. The largest absolute Gasteiger partial charge is 0.480 e. The van der Waals surface area contributed by atoms with Crippen LogP contribution in [0, 0.1) is 0 Å². The number of nitrogens with one attached hydrogen (secondary N) is 1. The van der Waals surface area contributed by atoms with Crippen molar-refractivity contribution in [3.8, 4) is 0 Å². The molecule has 1 aliphatic rings. The summed E-state index contributed by atoms with van der Waals surface area (Å²) in [5.41, 5.74) is 2.59. The molecule has 1 aliphatic heterocycles. The fourth-order valence-corrected chi connectivity index (χ4v) is 2.43. The topological polar surface area (TPSA) is 80.0 Å². The highest BCUT2D eigenvalue weighted by atomic mass is 16.4. The van der Waals surface area contributed by atoms with Gasteiger partial charge in [0.15, 0.2) is 0 Å². The third-order valence-electron chi connectivity index (χ3n) is 3.41. The van der Waals surface area contributed by atoms with Crippen molar-refractivity contribution in [3.05, 3.63) is 47.8 Å². The minimum absolute atomic E-state index is 0.271. The molecule has 2 unspecified atom stereocenters. The van der Waals surface area contributed by atoms with E-state index in [1.54, 1.807) is 12.5 Å². The molecule has 2 atom stereocenters. The van der Waals surface area contributed by atoms with Crippen molar-refractivity contribution in [1.29, 1.82) is 0 Å². The molecule has 0 saturated carbocycles. The van der Waals surface area contributed by atoms with E-state index >= 15 is 0 Å². The molecule has 0 amide bonds. The van der Waals surface area contributed by atoms with Crippen LogP contribution in [0.5, 0.6) is 0 Å². The first-order chi connectivity index (χ1) is 9.16. The van der Waals surface area contributed by atoms with Gasteiger partial charge in [0.05, 0.1) is 23.8 Å². The van der Waals surface area contributed by atoms with Gasteiger partial charge < -0.3 is 9.67 Å². The summed E-state index contributed by atoms with van der Waals surface area (Å²) in [5, 5.41) is 12.3. The van der Waals surface area contributed by atoms with Gasteiger partial charge in [-0.1, -0.05) is 6.07 Å². The van der Waals surface area contributed by atoms with Crippen LogP contribution in [0.2, 0.25) is 0 Å². The molecular weight excluding hydrogens is 244 g/mol. The van der Waals surface area contributed by atoms with E-state index in [0.717, 1.165) is 17.1 Å². The van der Waals surface area contributed by atoms with Gasteiger partial charge in [-0.05, 0) is 12.1 Å². The quantitative estimate of drug-likeness (QED) is 0.820. The first-order valence-electron chi connectivity index (χ1n) is 6.06. The van der Waals surface area contributed by atoms with E-state index in [2.05, 4.69) is 15.3 Å². The van der Waals surface area contributed by atoms with Crippen molar-refractivity contribution in [2.24, 2.45) is 7.05 Å². The summed E-state index contributed by atoms with van der Waals surface area (Å²) in [6.07, 6.45) is 3.85. The maximum absolute atomic E-state index is 11.3. The van der Waals surface area contributed by atoms with Gasteiger partial charge in [0.2, 0.25) is 0 Å². The van der Waals surface area contributed by atoms with Gasteiger partial charge in [-0.25, -0.2) is 4.98 Å². The molecule has 0 fully saturated rings. The lowest BCUT2D eigenvalue weighted by molar-refractivity contribution is -0.139. The lowest BCUT2D eigenvalue weighted by Gasteiger charge is -2.28. The number of aliphatic carboxylic acids is 1. The second-order valence-corrected chi connectivity index (χ2v) is 4.64. The summed E-state index contributed by atoms with van der Waals surface area (Å²) in [6, 6.07) is 4.71. The predicted octanol–water partition coefficient (Wildman–Crippen LogP) is 0.503. The van der Waals surface area contributed by atoms with E-state index in [9.17, 15) is 9.90 Å². The Morgan fingerprint density at radius 1 is 1.47 bits per heavy atom. The molecule has 2 N–H and O–H groups in total. The molecule has 0 radical (unpaired) electrons. The van der Waals surface area contributed by atoms with Gasteiger partial charge >= 0.3 is 5.97 Å². The summed E-state index contributed by atoms with van der Waals surface area (Å²) in [7, 11) is 1.88. The highest BCUT2D eigenvalue weighted by Gasteiger charge is 2.34. The average molecular weight is 258 g/mol. The number of hydrogen-bond donors (Lipinski definition) is 2. The van der Waals surface area contributed by atoms with Gasteiger partial charge in [0.1, 0.15) is 6.04 Å². The number of carboxylic acids is 1. The van der Waals surface area contributed by atoms with Crippen molar-refractivity contribution in [3.63, 3.8) is 0 Å². The number of fused-ring (bicyclic) bond motifs is 1. The van der Waals surface area contributed by atoms with Crippen LogP contribution in [0.15, 0.2) is 30.7 Å². The van der Waals surface area contributed by atoms with Crippen LogP contribution in [0.1, 0.15) is 23.1 Å². The minimum atomic E-state index is -0.854. The number of pyridine rings is 1. The standard InChI is InChI=1S/C13H14N4O2/c1-17-7-15-12-10(17)6-9(13(18)19)16-11(12)8-4-2-3-5-14-8/h2-5,7,9,11,16H,6H2,1H3,(H,18,19). The number of hydrogen-bond acceptors (Lipinski definition) is 4. The molecular formula is C13H14N4O2. The molecule has 2 aromatic rings. The lowest BCUT2D eigenvalue weighted by Crippen LogP contribution is -2.45. The Bertz CT molecular complexity index is 608. The van der Waals surface area contributed by atoms with E-state index in [1.807, 2.05) is 29.8 Å². The van der Waals surface area contributed by atoms with Crippen LogP contribution in [-0.2, 0) is 18.3 Å². The molecule has 0 aromatic carbocycles. The zero-order valence-electron chi connectivity index (χ0n) is 10.4. The molecule has 19 heavy (non-hydrogen) atoms. The number of carbonyl (C=O) groups is 1. The molecule has 0 spiro atoms. The van der Waals surface area contributed by atoms with E-state index in [4.69, 9.17) is 0 Å². The van der Waals surface area contributed by atoms with E-state index in [0.29, 0.717) is 6.42 Å². The van der Waals surface area contributed by atoms with Gasteiger partial charge in [0, 0.05) is 25.4 Å². The normalized spacial score (nSPS) is 21.9. The second-order valence-electron chi connectivity index (χ2n) is 4.64. The van der Waals surface area contributed by atoms with Gasteiger partial charge in [-0.15, -0.1) is 0 Å². The SMILES string of the molecule is Cn1cnc2c1CC(C(=O)O)NC2c1ccccn1. The van der Waals surface area contributed by atoms with Crippen molar-refractivity contribution in [2.45, 2.75) is 18.5 Å². The zero-order chi connectivity index (χ0) is 13.4. The molecule has 98 valence electrons. The highest BCUT2D eigenvalue weighted by molar-refractivity contribution is 5.74. The summed E-state index contributed by atoms with van der Waals surface area (Å²) in [5.74, 6) is -0.854. The van der Waals surface area contributed by atoms with E-state index in [-0.39, 0.29) is 6.04 Å². The van der Waals surface area contributed by atoms with Crippen LogP contribution in [0.3, 0.4) is 0 Å². The maximum Gasteiger partial charge on any atom is 0.321 e. The Hall–Kier alpha value is -2.21. The van der Waals surface area contributed by atoms with Gasteiger partial charge in [-0.2, -0.15) is 0 Å². The fourth-order valence-electron chi connectivity index (χ4n) is 2.43. The summed E-state index contributed by atoms with van der Waals surface area (Å²) in [6.45, 7) is 0. The first kappa shape index (κ1) is 11.9. The Balaban J connectivity index is 2.06. The van der Waals surface area contributed by atoms with Crippen LogP contribution < -0.4 is 5.32 Å². The number of aromatic nitrogens is 3. The summed E-state index contributed by atoms with van der Waals surface area (Å²) < 4.78 is 1.88. The highest BCUT2D eigenvalue weighted by Crippen LogP contribution is 2.28. The molecule has 3 heterocycles. The molecule has 0 aliphatic carbocycles. The third-order valence-corrected chi connectivity index (χ3v) is 3.41. The molecule has 3 rings (SSSR count). The van der Waals surface area contributed by atoms with Crippen molar-refractivity contribution < 1.29 is 9.90 Å². The lowest BCUT2D eigenvalue weighted by atomic mass is 9.96. The number of imidazole rings is 1. The Morgan fingerprint density at radius 2 is 2.32 bits per heavy atom. The van der Waals surface area contributed by atoms with Crippen molar-refractivity contribution in [2.75, 3.05) is 0 Å². The molecule has 0 bridgehead atoms. The number of nitrogens with zero attached hydrogens (tertiary/aromatic N) is 3. The van der Waals surface area contributed by atoms with Crippen LogP contribution >= 0.6 is 0 Å². The first-order valence-corrected chi connectivity index (χ1v) is 6.06. The average Bonchev–Trinajstić information content (AvgIpc) is 2.80. The smallest absolute Gasteiger partial charge is 0.321 e. The van der Waals surface area contributed by atoms with E-state index in [1.165, 1.54) is 0 Å². The third kappa shape index (κ3) is 2.00. The van der Waals surface area contributed by atoms with Gasteiger partial charge in [-0.3, -0.25) is 15.1 Å². The molecule has 6 nitrogen and oxygen atoms in total. The maximum atomic E-state index is 11.3. The van der Waals surface area contributed by atoms with Crippen molar-refractivity contribution >= 4 is 5.97 Å². The monoisotopic (exact) mass is 258 g/mol. The molecule has 2 aromatic heterocycles. The number of aryl methyl sites for hydroxylation is 1. The Kier molecular flexibility index (Phi) is 2.79. The Labute approximate surface area is 110 Å². The molecule has 0 saturated heterocycles. The number of carboxylic acid groups (broad SMARTS) is 1. The van der Waals surface area contributed by atoms with Crippen molar-refractivity contribution in [1.82, 2.24) is 19.9 Å². The molecule has 6 heteroatoms. The van der Waals surface area contributed by atoms with Crippen LogP contribution in [0.25, 0.3) is 0 Å². The van der Waals surface area contributed by atoms with Crippen LogP contribution in [-0.4, -0.2) is 31.7 Å². The predicted molar refractivity (Wildman–Crippen MR) is 67.6 cm³/mol. The summed E-state index contributed by atoms with van der Waals surface area (Å²) >= 11 is 0. The second kappa shape index (κ2) is 4.47. The minimum Gasteiger partial charge on any atom is -0.480 e. The van der Waals surface area contributed by atoms with Gasteiger partial charge in [0.25, 0.3) is 0 Å². The van der Waals surface area contributed by atoms with Crippen LogP contribution in [0.4, 0.5) is 0 Å². The Morgan fingerprint density at radius 3 is 3.00 bits per heavy atom. The summed E-state index contributed by atoms with van der Waals surface area (Å²) in [4.78, 5) is 19.9. The fraction of sp³-hybridized carbons (Fsp3) is 0.308.